The predicted octanol–water partition coefficient (Wildman–Crippen LogP) is 3.94. The van der Waals surface area contributed by atoms with Crippen LogP contribution in [0.5, 0.6) is 11.5 Å². The van der Waals surface area contributed by atoms with Crippen LogP contribution in [0, 0.1) is 6.07 Å². The van der Waals surface area contributed by atoms with E-state index in [-0.39, 0.29) is 11.9 Å². The molecule has 2 aliphatic rings. The van der Waals surface area contributed by atoms with Crippen molar-refractivity contribution in [2.45, 2.75) is 45.1 Å². The molecule has 2 heterocycles. The van der Waals surface area contributed by atoms with E-state index in [1.165, 1.54) is 31.5 Å². The SMILES string of the molecule is CC(COc1ccc(Cc2[c]cccc2OCCN2CCCC2)cc1)N1CCCC1=O. The van der Waals surface area contributed by atoms with Gasteiger partial charge in [0.15, 0.2) is 0 Å². The van der Waals surface area contributed by atoms with Gasteiger partial charge in [0.05, 0.1) is 6.04 Å². The highest BCUT2D eigenvalue weighted by Gasteiger charge is 2.25. The van der Waals surface area contributed by atoms with Crippen LogP contribution in [0.2, 0.25) is 0 Å². The van der Waals surface area contributed by atoms with E-state index >= 15 is 0 Å². The lowest BCUT2D eigenvalue weighted by atomic mass is 10.0. The van der Waals surface area contributed by atoms with Crippen LogP contribution in [0.25, 0.3) is 0 Å². The number of benzene rings is 2. The lowest BCUT2D eigenvalue weighted by Crippen LogP contribution is -2.38. The Balaban J connectivity index is 1.28. The zero-order chi connectivity index (χ0) is 21.5. The van der Waals surface area contributed by atoms with Gasteiger partial charge in [0.1, 0.15) is 24.7 Å². The van der Waals surface area contributed by atoms with Crippen LogP contribution in [0.3, 0.4) is 0 Å². The fourth-order valence-corrected chi connectivity index (χ4v) is 4.37. The molecule has 0 aliphatic carbocycles. The third kappa shape index (κ3) is 6.01. The normalized spacial score (nSPS) is 17.8. The summed E-state index contributed by atoms with van der Waals surface area (Å²) in [4.78, 5) is 16.2. The summed E-state index contributed by atoms with van der Waals surface area (Å²) >= 11 is 0. The smallest absolute Gasteiger partial charge is 0.222 e. The Morgan fingerprint density at radius 2 is 1.84 bits per heavy atom. The number of ether oxygens (including phenoxy) is 2. The first-order chi connectivity index (χ1) is 15.2. The van der Waals surface area contributed by atoms with Crippen LogP contribution < -0.4 is 9.47 Å². The first kappa shape index (κ1) is 21.7. The molecule has 31 heavy (non-hydrogen) atoms. The van der Waals surface area contributed by atoms with Crippen molar-refractivity contribution < 1.29 is 14.3 Å². The molecular weight excluding hydrogens is 388 g/mol. The molecule has 2 aromatic carbocycles. The van der Waals surface area contributed by atoms with Crippen molar-refractivity contribution in [3.05, 3.63) is 59.7 Å². The van der Waals surface area contributed by atoms with Gasteiger partial charge < -0.3 is 14.4 Å². The summed E-state index contributed by atoms with van der Waals surface area (Å²) in [6, 6.07) is 17.6. The summed E-state index contributed by atoms with van der Waals surface area (Å²) in [5.41, 5.74) is 2.28. The zero-order valence-electron chi connectivity index (χ0n) is 18.5. The van der Waals surface area contributed by atoms with Gasteiger partial charge >= 0.3 is 0 Å². The van der Waals surface area contributed by atoms with Gasteiger partial charge in [-0.1, -0.05) is 24.3 Å². The van der Waals surface area contributed by atoms with Gasteiger partial charge in [-0.15, -0.1) is 0 Å². The molecule has 1 unspecified atom stereocenters. The fourth-order valence-electron chi connectivity index (χ4n) is 4.37. The molecule has 5 nitrogen and oxygen atoms in total. The monoisotopic (exact) mass is 421 g/mol. The highest BCUT2D eigenvalue weighted by atomic mass is 16.5. The number of nitrogens with zero attached hydrogens (tertiary/aromatic N) is 2. The minimum absolute atomic E-state index is 0.105. The standard InChI is InChI=1S/C26H33N2O3/c1-21(28-16-6-9-26(28)29)20-31-24-12-10-22(11-13-24)19-23-7-2-3-8-25(23)30-18-17-27-14-4-5-15-27/h2-3,8,10-13,21H,4-6,9,14-20H2,1H3. The van der Waals surface area contributed by atoms with Crippen molar-refractivity contribution in [3.8, 4) is 11.5 Å². The van der Waals surface area contributed by atoms with Crippen molar-refractivity contribution in [2.75, 3.05) is 39.4 Å². The van der Waals surface area contributed by atoms with E-state index in [4.69, 9.17) is 9.47 Å². The summed E-state index contributed by atoms with van der Waals surface area (Å²) < 4.78 is 12.0. The number of hydrogen-bond donors (Lipinski definition) is 0. The fraction of sp³-hybridized carbons (Fsp3) is 0.500. The first-order valence-corrected chi connectivity index (χ1v) is 11.5. The molecule has 1 radical (unpaired) electrons. The zero-order valence-corrected chi connectivity index (χ0v) is 18.5. The third-order valence-corrected chi connectivity index (χ3v) is 6.20. The number of rotatable bonds is 10. The lowest BCUT2D eigenvalue weighted by molar-refractivity contribution is -0.129. The summed E-state index contributed by atoms with van der Waals surface area (Å²) in [6.45, 7) is 7.51. The Labute approximate surface area is 185 Å². The maximum Gasteiger partial charge on any atom is 0.222 e. The molecule has 0 N–H and O–H groups in total. The minimum Gasteiger partial charge on any atom is -0.492 e. The number of hydrogen-bond acceptors (Lipinski definition) is 4. The minimum atomic E-state index is 0.105. The maximum absolute atomic E-state index is 11.9. The van der Waals surface area contributed by atoms with Crippen LogP contribution in [-0.2, 0) is 11.2 Å². The Morgan fingerprint density at radius 1 is 1.03 bits per heavy atom. The molecular formula is C26H33N2O3. The summed E-state index contributed by atoms with van der Waals surface area (Å²) in [6.07, 6.45) is 5.01. The molecule has 0 aromatic heterocycles. The molecule has 1 amide bonds. The van der Waals surface area contributed by atoms with Gasteiger partial charge in [0.25, 0.3) is 0 Å². The van der Waals surface area contributed by atoms with Gasteiger partial charge in [-0.25, -0.2) is 0 Å². The van der Waals surface area contributed by atoms with Crippen molar-refractivity contribution in [2.24, 2.45) is 0 Å². The van der Waals surface area contributed by atoms with Crippen molar-refractivity contribution >= 4 is 5.91 Å². The molecule has 2 aliphatic heterocycles. The van der Waals surface area contributed by atoms with Crippen molar-refractivity contribution in [1.29, 1.82) is 0 Å². The number of amides is 1. The topological polar surface area (TPSA) is 42.0 Å². The van der Waals surface area contributed by atoms with Crippen molar-refractivity contribution in [1.82, 2.24) is 9.80 Å². The van der Waals surface area contributed by atoms with E-state index in [0.29, 0.717) is 13.0 Å². The van der Waals surface area contributed by atoms with Gasteiger partial charge in [-0.05, 0) is 69.1 Å². The molecule has 165 valence electrons. The van der Waals surface area contributed by atoms with Gasteiger partial charge in [0.2, 0.25) is 5.91 Å². The van der Waals surface area contributed by atoms with Gasteiger partial charge in [0, 0.05) is 31.5 Å². The van der Waals surface area contributed by atoms with E-state index in [9.17, 15) is 4.79 Å². The van der Waals surface area contributed by atoms with E-state index in [0.717, 1.165) is 49.6 Å². The molecule has 5 heteroatoms. The summed E-state index contributed by atoms with van der Waals surface area (Å²) in [7, 11) is 0. The average Bonchev–Trinajstić information content (AvgIpc) is 3.46. The average molecular weight is 422 g/mol. The molecule has 2 fully saturated rings. The highest BCUT2D eigenvalue weighted by molar-refractivity contribution is 5.78. The second-order valence-electron chi connectivity index (χ2n) is 8.58. The Hall–Kier alpha value is -2.53. The van der Waals surface area contributed by atoms with Gasteiger partial charge in [-0.2, -0.15) is 0 Å². The quantitative estimate of drug-likeness (QED) is 0.583. The van der Waals surface area contributed by atoms with E-state index in [1.807, 2.05) is 42.2 Å². The maximum atomic E-state index is 11.9. The van der Waals surface area contributed by atoms with Crippen LogP contribution in [-0.4, -0.2) is 61.1 Å². The lowest BCUT2D eigenvalue weighted by Gasteiger charge is -2.24. The Morgan fingerprint density at radius 3 is 2.58 bits per heavy atom. The number of likely N-dealkylation sites (tertiary alicyclic amines) is 2. The molecule has 0 bridgehead atoms. The molecule has 4 rings (SSSR count). The summed E-state index contributed by atoms with van der Waals surface area (Å²) in [5, 5.41) is 0. The first-order valence-electron chi connectivity index (χ1n) is 11.5. The van der Waals surface area contributed by atoms with Crippen LogP contribution in [0.1, 0.15) is 43.7 Å². The highest BCUT2D eigenvalue weighted by Crippen LogP contribution is 2.23. The van der Waals surface area contributed by atoms with E-state index < -0.39 is 0 Å². The van der Waals surface area contributed by atoms with Crippen LogP contribution in [0.4, 0.5) is 0 Å². The predicted molar refractivity (Wildman–Crippen MR) is 122 cm³/mol. The third-order valence-electron chi connectivity index (χ3n) is 6.20. The van der Waals surface area contributed by atoms with Crippen molar-refractivity contribution in [3.63, 3.8) is 0 Å². The number of carbonyl (C=O) groups excluding carboxylic acids is 1. The second-order valence-corrected chi connectivity index (χ2v) is 8.58. The molecule has 0 saturated carbocycles. The Kier molecular flexibility index (Phi) is 7.47. The number of carbonyl (C=O) groups is 1. The molecule has 0 spiro atoms. The van der Waals surface area contributed by atoms with Gasteiger partial charge in [-0.3, -0.25) is 9.69 Å². The second kappa shape index (κ2) is 10.7. The molecule has 1 atom stereocenters. The largest absolute Gasteiger partial charge is 0.492 e. The summed E-state index contributed by atoms with van der Waals surface area (Å²) in [5.74, 6) is 2.00. The van der Waals surface area contributed by atoms with E-state index in [2.05, 4.69) is 23.1 Å². The molecule has 2 aromatic rings. The molecule has 2 saturated heterocycles. The van der Waals surface area contributed by atoms with Crippen LogP contribution >= 0.6 is 0 Å². The van der Waals surface area contributed by atoms with E-state index in [1.54, 1.807) is 0 Å². The van der Waals surface area contributed by atoms with Crippen LogP contribution in [0.15, 0.2) is 42.5 Å². The Bertz CT molecular complexity index is 846.